The summed E-state index contributed by atoms with van der Waals surface area (Å²) in [5.74, 6) is 0.109. The van der Waals surface area contributed by atoms with Crippen molar-refractivity contribution in [3.63, 3.8) is 0 Å². The molecule has 0 saturated heterocycles. The lowest BCUT2D eigenvalue weighted by Crippen LogP contribution is -2.35. The number of benzene rings is 1. The van der Waals surface area contributed by atoms with Crippen LogP contribution in [-0.2, 0) is 42.8 Å². The van der Waals surface area contributed by atoms with Crippen molar-refractivity contribution in [1.82, 2.24) is 9.29 Å². The van der Waals surface area contributed by atoms with E-state index in [2.05, 4.69) is 16.1 Å². The summed E-state index contributed by atoms with van der Waals surface area (Å²) in [6.07, 6.45) is 6.82. The topological polar surface area (TPSA) is 110 Å². The number of nitrogens with zero attached hydrogens (tertiary/aromatic N) is 1. The Hall–Kier alpha value is -2.52. The monoisotopic (exact) mass is 431 g/mol. The second-order valence-corrected chi connectivity index (χ2v) is 9.92. The first-order chi connectivity index (χ1) is 14.3. The van der Waals surface area contributed by atoms with Gasteiger partial charge in [0.1, 0.15) is 11.0 Å². The summed E-state index contributed by atoms with van der Waals surface area (Å²) in [6.45, 7) is 0.217. The number of aromatic nitrogens is 1. The highest BCUT2D eigenvalue weighted by Crippen LogP contribution is 2.40. The second-order valence-electron chi connectivity index (χ2n) is 8.27. The molecule has 9 heteroatoms. The Morgan fingerprint density at radius 3 is 2.50 bits per heavy atom. The summed E-state index contributed by atoms with van der Waals surface area (Å²) in [4.78, 5) is 12.6. The molecule has 30 heavy (non-hydrogen) atoms. The maximum absolute atomic E-state index is 12.9. The molecule has 1 aliphatic heterocycles. The lowest BCUT2D eigenvalue weighted by molar-refractivity contribution is 0.107. The zero-order valence-corrected chi connectivity index (χ0v) is 17.6. The van der Waals surface area contributed by atoms with E-state index in [1.807, 2.05) is 0 Å². The predicted octanol–water partition coefficient (Wildman–Crippen LogP) is 2.33. The predicted molar refractivity (Wildman–Crippen MR) is 110 cm³/mol. The summed E-state index contributed by atoms with van der Waals surface area (Å²) in [7, 11) is -2.53. The van der Waals surface area contributed by atoms with Crippen LogP contribution < -0.4 is 14.8 Å². The Labute approximate surface area is 175 Å². The molecule has 2 aliphatic carbocycles. The van der Waals surface area contributed by atoms with Crippen LogP contribution in [0.1, 0.15) is 53.3 Å². The molecule has 160 valence electrons. The lowest BCUT2D eigenvalue weighted by Gasteiger charge is -2.21. The smallest absolute Gasteiger partial charge is 0.333 e. The zero-order valence-electron chi connectivity index (χ0n) is 16.8. The van der Waals surface area contributed by atoms with E-state index in [1.54, 1.807) is 7.05 Å². The largest absolute Gasteiger partial charge is 0.490 e. The van der Waals surface area contributed by atoms with E-state index in [-0.39, 0.29) is 17.3 Å². The van der Waals surface area contributed by atoms with Crippen LogP contribution in [0.15, 0.2) is 17.2 Å². The summed E-state index contributed by atoms with van der Waals surface area (Å²) in [5.41, 5.74) is 5.97. The van der Waals surface area contributed by atoms with Crippen LogP contribution in [0.25, 0.3) is 0 Å². The number of urea groups is 1. The molecule has 0 spiro atoms. The van der Waals surface area contributed by atoms with Crippen LogP contribution in [0.5, 0.6) is 5.75 Å². The summed E-state index contributed by atoms with van der Waals surface area (Å²) in [5, 5.41) is 13.0. The van der Waals surface area contributed by atoms with Crippen molar-refractivity contribution in [3.05, 3.63) is 40.2 Å². The van der Waals surface area contributed by atoms with Gasteiger partial charge in [-0.25, -0.2) is 17.9 Å². The third kappa shape index (κ3) is 3.07. The van der Waals surface area contributed by atoms with Gasteiger partial charge in [-0.2, -0.15) is 0 Å². The molecule has 0 saturated carbocycles. The van der Waals surface area contributed by atoms with Crippen molar-refractivity contribution < 1.29 is 23.1 Å². The minimum atomic E-state index is -4.17. The molecule has 3 aliphatic rings. The molecule has 1 aromatic heterocycles. The average molecular weight is 432 g/mol. The first-order valence-electron chi connectivity index (χ1n) is 10.4. The molecule has 1 unspecified atom stereocenters. The number of amides is 2. The van der Waals surface area contributed by atoms with E-state index in [1.165, 1.54) is 21.9 Å². The maximum atomic E-state index is 12.9. The molecule has 2 heterocycles. The number of nitrogens with one attached hydrogen (secondary N) is 2. The van der Waals surface area contributed by atoms with Crippen molar-refractivity contribution in [2.75, 3.05) is 11.9 Å². The van der Waals surface area contributed by atoms with Gasteiger partial charge in [0.15, 0.2) is 5.75 Å². The van der Waals surface area contributed by atoms with Crippen LogP contribution in [0, 0.1) is 0 Å². The Kier molecular flexibility index (Phi) is 4.55. The van der Waals surface area contributed by atoms with Crippen molar-refractivity contribution in [3.8, 4) is 5.75 Å². The van der Waals surface area contributed by atoms with E-state index in [0.29, 0.717) is 12.1 Å². The van der Waals surface area contributed by atoms with E-state index in [4.69, 9.17) is 4.74 Å². The standard InChI is InChI=1S/C21H25N3O5S/c1-24-11-17(20-19(24)16(25)8-9-29-20)30(27,28)23-21(26)22-18-14-6-2-4-12(14)10-13-5-3-7-15(13)18/h10-11,16,25H,2-9H2,1H3,(H2,22,23,26). The molecular weight excluding hydrogens is 406 g/mol. The van der Waals surface area contributed by atoms with Crippen molar-refractivity contribution >= 4 is 21.7 Å². The first kappa shape index (κ1) is 19.4. The zero-order chi connectivity index (χ0) is 21.0. The number of carbonyl (C=O) groups is 1. The molecule has 8 nitrogen and oxygen atoms in total. The van der Waals surface area contributed by atoms with Gasteiger partial charge >= 0.3 is 6.03 Å². The molecule has 2 aromatic rings. The van der Waals surface area contributed by atoms with E-state index < -0.39 is 22.2 Å². The van der Waals surface area contributed by atoms with Crippen molar-refractivity contribution in [1.29, 1.82) is 0 Å². The molecule has 5 rings (SSSR count). The number of ether oxygens (including phenoxy) is 1. The Morgan fingerprint density at radius 1 is 1.17 bits per heavy atom. The van der Waals surface area contributed by atoms with E-state index >= 15 is 0 Å². The van der Waals surface area contributed by atoms with Crippen LogP contribution in [0.2, 0.25) is 0 Å². The van der Waals surface area contributed by atoms with Crippen molar-refractivity contribution in [2.45, 2.75) is 55.9 Å². The van der Waals surface area contributed by atoms with Crippen LogP contribution in [-0.4, -0.2) is 30.7 Å². The van der Waals surface area contributed by atoms with Gasteiger partial charge in [0.2, 0.25) is 0 Å². The normalized spacial score (nSPS) is 19.6. The number of hydrogen-bond donors (Lipinski definition) is 3. The van der Waals surface area contributed by atoms with Crippen LogP contribution in [0.3, 0.4) is 0 Å². The summed E-state index contributed by atoms with van der Waals surface area (Å²) in [6, 6.07) is 1.47. The molecule has 0 radical (unpaired) electrons. The molecule has 3 N–H and O–H groups in total. The van der Waals surface area contributed by atoms with Crippen molar-refractivity contribution in [2.24, 2.45) is 7.05 Å². The molecule has 1 atom stereocenters. The minimum Gasteiger partial charge on any atom is -0.490 e. The third-order valence-corrected chi connectivity index (χ3v) is 7.65. The van der Waals surface area contributed by atoms with E-state index in [9.17, 15) is 18.3 Å². The average Bonchev–Trinajstić information content (AvgIpc) is 3.40. The number of rotatable bonds is 3. The van der Waals surface area contributed by atoms with Gasteiger partial charge in [-0.15, -0.1) is 0 Å². The van der Waals surface area contributed by atoms with Gasteiger partial charge < -0.3 is 19.7 Å². The second kappa shape index (κ2) is 7.02. The molecule has 2 amide bonds. The third-order valence-electron chi connectivity index (χ3n) is 6.33. The number of fused-ring (bicyclic) bond motifs is 3. The number of aliphatic hydroxyl groups is 1. The number of aryl methyl sites for hydroxylation is 3. The van der Waals surface area contributed by atoms with Gasteiger partial charge in [-0.3, -0.25) is 0 Å². The minimum absolute atomic E-state index is 0.109. The fourth-order valence-corrected chi connectivity index (χ4v) is 6.12. The van der Waals surface area contributed by atoms with E-state index in [0.717, 1.165) is 55.3 Å². The fourth-order valence-electron chi connectivity index (χ4n) is 5.01. The number of anilines is 1. The highest BCUT2D eigenvalue weighted by Gasteiger charge is 2.33. The Morgan fingerprint density at radius 2 is 1.83 bits per heavy atom. The number of hydrogen-bond acceptors (Lipinski definition) is 5. The van der Waals surface area contributed by atoms with Gasteiger partial charge in [0.05, 0.1) is 12.3 Å². The van der Waals surface area contributed by atoms with Gasteiger partial charge in [0.25, 0.3) is 10.0 Å². The fraction of sp³-hybridized carbons (Fsp3) is 0.476. The van der Waals surface area contributed by atoms with Crippen LogP contribution in [0.4, 0.5) is 10.5 Å². The molecular formula is C21H25N3O5S. The number of aliphatic hydroxyl groups excluding tert-OH is 1. The Balaban J connectivity index is 1.43. The van der Waals surface area contributed by atoms with Gasteiger partial charge in [-0.05, 0) is 60.8 Å². The quantitative estimate of drug-likeness (QED) is 0.691. The van der Waals surface area contributed by atoms with Crippen LogP contribution >= 0.6 is 0 Å². The molecule has 0 bridgehead atoms. The Bertz CT molecular complexity index is 1120. The lowest BCUT2D eigenvalue weighted by atomic mass is 9.99. The SMILES string of the molecule is Cn1cc(S(=O)(=O)NC(=O)Nc2c3c(cc4c2CCC4)CCC3)c2c1C(O)CCO2. The molecule has 1 aromatic carbocycles. The highest BCUT2D eigenvalue weighted by molar-refractivity contribution is 7.90. The van der Waals surface area contributed by atoms with Gasteiger partial charge in [0, 0.05) is 25.4 Å². The van der Waals surface area contributed by atoms with Gasteiger partial charge in [-0.1, -0.05) is 6.07 Å². The highest BCUT2D eigenvalue weighted by atomic mass is 32.2. The number of sulfonamides is 1. The summed E-state index contributed by atoms with van der Waals surface area (Å²) >= 11 is 0. The maximum Gasteiger partial charge on any atom is 0.333 e. The number of carbonyl (C=O) groups excluding carboxylic acids is 1. The summed E-state index contributed by atoms with van der Waals surface area (Å²) < 4.78 is 35.1. The molecule has 0 fully saturated rings. The first-order valence-corrected chi connectivity index (χ1v) is 11.8.